The van der Waals surface area contributed by atoms with Gasteiger partial charge in [-0.2, -0.15) is 0 Å². The van der Waals surface area contributed by atoms with Crippen molar-refractivity contribution in [3.63, 3.8) is 0 Å². The molecule has 0 aromatic rings. The SMILES string of the molecule is CN(C)C1CC2=C(CC=CC2)C1. The lowest BCUT2D eigenvalue weighted by atomic mass is 10.0. The van der Waals surface area contributed by atoms with Crippen molar-refractivity contribution in [2.45, 2.75) is 31.7 Å². The van der Waals surface area contributed by atoms with Crippen LogP contribution in [0.25, 0.3) is 0 Å². The van der Waals surface area contributed by atoms with Crippen molar-refractivity contribution in [3.8, 4) is 0 Å². The third-order valence-electron chi connectivity index (χ3n) is 3.09. The molecule has 0 saturated carbocycles. The van der Waals surface area contributed by atoms with Gasteiger partial charge in [0.05, 0.1) is 0 Å². The van der Waals surface area contributed by atoms with Crippen molar-refractivity contribution in [2.75, 3.05) is 14.1 Å². The Kier molecular flexibility index (Phi) is 2.05. The second-order valence-corrected chi connectivity index (χ2v) is 4.11. The summed E-state index contributed by atoms with van der Waals surface area (Å²) < 4.78 is 0. The molecule has 0 saturated heterocycles. The maximum Gasteiger partial charge on any atom is 0.0164 e. The first-order chi connectivity index (χ1) is 5.77. The van der Waals surface area contributed by atoms with Crippen LogP contribution in [-0.2, 0) is 0 Å². The van der Waals surface area contributed by atoms with Gasteiger partial charge in [-0.1, -0.05) is 23.3 Å². The first-order valence-electron chi connectivity index (χ1n) is 4.78. The zero-order valence-electron chi connectivity index (χ0n) is 8.01. The molecule has 0 bridgehead atoms. The van der Waals surface area contributed by atoms with E-state index in [4.69, 9.17) is 0 Å². The molecule has 2 rings (SSSR count). The largest absolute Gasteiger partial charge is 0.306 e. The maximum absolute atomic E-state index is 2.36. The highest BCUT2D eigenvalue weighted by Crippen LogP contribution is 2.35. The number of allylic oxidation sites excluding steroid dienone is 2. The Morgan fingerprint density at radius 1 is 1.08 bits per heavy atom. The zero-order chi connectivity index (χ0) is 8.55. The second-order valence-electron chi connectivity index (χ2n) is 4.11. The van der Waals surface area contributed by atoms with Gasteiger partial charge in [-0.3, -0.25) is 0 Å². The summed E-state index contributed by atoms with van der Waals surface area (Å²) in [5.41, 5.74) is 3.44. The summed E-state index contributed by atoms with van der Waals surface area (Å²) in [5.74, 6) is 0. The van der Waals surface area contributed by atoms with Crippen LogP contribution < -0.4 is 0 Å². The molecule has 0 fully saturated rings. The Hall–Kier alpha value is -0.560. The molecule has 0 aromatic heterocycles. The summed E-state index contributed by atoms with van der Waals surface area (Å²) in [4.78, 5) is 2.36. The summed E-state index contributed by atoms with van der Waals surface area (Å²) in [6, 6.07) is 0.787. The van der Waals surface area contributed by atoms with Gasteiger partial charge in [0.25, 0.3) is 0 Å². The van der Waals surface area contributed by atoms with E-state index in [1.807, 2.05) is 0 Å². The molecular formula is C11H17N. The maximum atomic E-state index is 2.36. The molecule has 0 unspecified atom stereocenters. The lowest BCUT2D eigenvalue weighted by molar-refractivity contribution is 0.301. The van der Waals surface area contributed by atoms with Crippen LogP contribution in [0.5, 0.6) is 0 Å². The Bertz CT molecular complexity index is 215. The highest BCUT2D eigenvalue weighted by molar-refractivity contribution is 5.30. The van der Waals surface area contributed by atoms with Gasteiger partial charge in [0.1, 0.15) is 0 Å². The minimum Gasteiger partial charge on any atom is -0.306 e. The number of hydrogen-bond acceptors (Lipinski definition) is 1. The predicted molar refractivity (Wildman–Crippen MR) is 52.1 cm³/mol. The van der Waals surface area contributed by atoms with Gasteiger partial charge >= 0.3 is 0 Å². The van der Waals surface area contributed by atoms with Crippen LogP contribution in [-0.4, -0.2) is 25.0 Å². The Balaban J connectivity index is 2.03. The van der Waals surface area contributed by atoms with E-state index < -0.39 is 0 Å². The minimum absolute atomic E-state index is 0.787. The first kappa shape index (κ1) is 8.06. The highest BCUT2D eigenvalue weighted by atomic mass is 15.1. The van der Waals surface area contributed by atoms with E-state index in [1.165, 1.54) is 25.7 Å². The molecule has 66 valence electrons. The van der Waals surface area contributed by atoms with Crippen molar-refractivity contribution < 1.29 is 0 Å². The van der Waals surface area contributed by atoms with Crippen molar-refractivity contribution in [2.24, 2.45) is 0 Å². The van der Waals surface area contributed by atoms with Crippen molar-refractivity contribution >= 4 is 0 Å². The Morgan fingerprint density at radius 2 is 1.58 bits per heavy atom. The quantitative estimate of drug-likeness (QED) is 0.536. The summed E-state index contributed by atoms with van der Waals surface area (Å²) in [5, 5.41) is 0. The van der Waals surface area contributed by atoms with Crippen LogP contribution in [0.1, 0.15) is 25.7 Å². The molecule has 1 nitrogen and oxygen atoms in total. The zero-order valence-corrected chi connectivity index (χ0v) is 8.01. The van der Waals surface area contributed by atoms with Crippen LogP contribution in [0, 0.1) is 0 Å². The smallest absolute Gasteiger partial charge is 0.0164 e. The molecule has 0 aromatic carbocycles. The van der Waals surface area contributed by atoms with Gasteiger partial charge in [-0.05, 0) is 39.8 Å². The van der Waals surface area contributed by atoms with Crippen LogP contribution in [0.4, 0.5) is 0 Å². The van der Waals surface area contributed by atoms with E-state index in [-0.39, 0.29) is 0 Å². The normalized spacial score (nSPS) is 23.9. The average Bonchev–Trinajstić information content (AvgIpc) is 2.46. The summed E-state index contributed by atoms with van der Waals surface area (Å²) in [6.45, 7) is 0. The number of nitrogens with zero attached hydrogens (tertiary/aromatic N) is 1. The van der Waals surface area contributed by atoms with Crippen LogP contribution >= 0.6 is 0 Å². The van der Waals surface area contributed by atoms with E-state index in [2.05, 4.69) is 31.1 Å². The molecule has 0 radical (unpaired) electrons. The lowest BCUT2D eigenvalue weighted by Crippen LogP contribution is -2.25. The highest BCUT2D eigenvalue weighted by Gasteiger charge is 2.24. The standard InChI is InChI=1S/C11H17N/c1-12(2)11-7-9-5-3-4-6-10(9)8-11/h3-4,11H,5-8H2,1-2H3. The van der Waals surface area contributed by atoms with E-state index in [9.17, 15) is 0 Å². The topological polar surface area (TPSA) is 3.24 Å². The number of rotatable bonds is 1. The average molecular weight is 163 g/mol. The molecule has 0 amide bonds. The van der Waals surface area contributed by atoms with Gasteiger partial charge in [-0.25, -0.2) is 0 Å². The molecule has 2 aliphatic carbocycles. The van der Waals surface area contributed by atoms with E-state index in [0.29, 0.717) is 0 Å². The molecule has 0 N–H and O–H groups in total. The summed E-state index contributed by atoms with van der Waals surface area (Å²) >= 11 is 0. The van der Waals surface area contributed by atoms with Crippen LogP contribution in [0.3, 0.4) is 0 Å². The fourth-order valence-corrected chi connectivity index (χ4v) is 2.20. The summed E-state index contributed by atoms with van der Waals surface area (Å²) in [7, 11) is 4.38. The molecule has 12 heavy (non-hydrogen) atoms. The van der Waals surface area contributed by atoms with Crippen molar-refractivity contribution in [3.05, 3.63) is 23.3 Å². The van der Waals surface area contributed by atoms with Crippen LogP contribution in [0.15, 0.2) is 23.3 Å². The fraction of sp³-hybridized carbons (Fsp3) is 0.636. The van der Waals surface area contributed by atoms with Crippen molar-refractivity contribution in [1.82, 2.24) is 4.90 Å². The fourth-order valence-electron chi connectivity index (χ4n) is 2.20. The molecule has 0 atom stereocenters. The van der Waals surface area contributed by atoms with Gasteiger partial charge in [0, 0.05) is 6.04 Å². The third kappa shape index (κ3) is 1.34. The van der Waals surface area contributed by atoms with Crippen LogP contribution in [0.2, 0.25) is 0 Å². The third-order valence-corrected chi connectivity index (χ3v) is 3.09. The first-order valence-corrected chi connectivity index (χ1v) is 4.78. The van der Waals surface area contributed by atoms with E-state index in [1.54, 1.807) is 11.1 Å². The van der Waals surface area contributed by atoms with Gasteiger partial charge in [-0.15, -0.1) is 0 Å². The lowest BCUT2D eigenvalue weighted by Gasteiger charge is -2.18. The predicted octanol–water partition coefficient (Wildman–Crippen LogP) is 2.36. The second kappa shape index (κ2) is 3.06. The molecule has 0 aliphatic heterocycles. The van der Waals surface area contributed by atoms with Gasteiger partial charge in [0.2, 0.25) is 0 Å². The van der Waals surface area contributed by atoms with E-state index in [0.717, 1.165) is 6.04 Å². The van der Waals surface area contributed by atoms with Gasteiger partial charge in [0.15, 0.2) is 0 Å². The number of hydrogen-bond donors (Lipinski definition) is 0. The van der Waals surface area contributed by atoms with Crippen molar-refractivity contribution in [1.29, 1.82) is 0 Å². The Morgan fingerprint density at radius 3 is 2.00 bits per heavy atom. The minimum atomic E-state index is 0.787. The molecule has 2 aliphatic rings. The Labute approximate surface area is 74.8 Å². The molecule has 0 heterocycles. The monoisotopic (exact) mass is 163 g/mol. The molecule has 0 spiro atoms. The summed E-state index contributed by atoms with van der Waals surface area (Å²) in [6.07, 6.45) is 9.70. The molecular weight excluding hydrogens is 146 g/mol. The van der Waals surface area contributed by atoms with E-state index >= 15 is 0 Å². The molecule has 1 heteroatoms. The van der Waals surface area contributed by atoms with Gasteiger partial charge < -0.3 is 4.90 Å².